The van der Waals surface area contributed by atoms with Gasteiger partial charge in [-0.2, -0.15) is 13.2 Å². The molecular formula is C10H11F4NO3S. The molecule has 0 saturated carbocycles. The van der Waals surface area contributed by atoms with Gasteiger partial charge in [0.05, 0.1) is 4.90 Å². The van der Waals surface area contributed by atoms with Crippen molar-refractivity contribution in [3.8, 4) is 0 Å². The van der Waals surface area contributed by atoms with Gasteiger partial charge in [0.15, 0.2) is 6.10 Å². The van der Waals surface area contributed by atoms with Crippen LogP contribution in [0.25, 0.3) is 0 Å². The lowest BCUT2D eigenvalue weighted by atomic mass is 10.2. The van der Waals surface area contributed by atoms with E-state index in [2.05, 4.69) is 0 Å². The van der Waals surface area contributed by atoms with Crippen molar-refractivity contribution in [2.24, 2.45) is 0 Å². The number of nitrogens with one attached hydrogen (secondary N) is 1. The molecular weight excluding hydrogens is 290 g/mol. The third kappa shape index (κ3) is 4.15. The molecule has 1 unspecified atom stereocenters. The lowest BCUT2D eigenvalue weighted by molar-refractivity contribution is -0.200. The summed E-state index contributed by atoms with van der Waals surface area (Å²) in [6, 6.07) is 2.75. The maximum absolute atomic E-state index is 12.8. The molecule has 19 heavy (non-hydrogen) atoms. The van der Waals surface area contributed by atoms with Crippen molar-refractivity contribution in [1.82, 2.24) is 4.72 Å². The summed E-state index contributed by atoms with van der Waals surface area (Å²) in [5, 5.41) is 8.70. The van der Waals surface area contributed by atoms with E-state index < -0.39 is 34.7 Å². The van der Waals surface area contributed by atoms with Gasteiger partial charge in [0.2, 0.25) is 10.0 Å². The van der Waals surface area contributed by atoms with Gasteiger partial charge in [-0.3, -0.25) is 0 Å². The summed E-state index contributed by atoms with van der Waals surface area (Å²) in [6.07, 6.45) is -7.72. The molecule has 2 N–H and O–H groups in total. The molecule has 0 saturated heterocycles. The summed E-state index contributed by atoms with van der Waals surface area (Å²) in [4.78, 5) is -0.344. The summed E-state index contributed by atoms with van der Waals surface area (Å²) in [5.41, 5.74) is 0.0500. The predicted molar refractivity (Wildman–Crippen MR) is 58.4 cm³/mol. The third-order valence-electron chi connectivity index (χ3n) is 2.27. The molecule has 0 aliphatic rings. The molecule has 1 atom stereocenters. The molecule has 1 aromatic rings. The van der Waals surface area contributed by atoms with E-state index in [0.717, 1.165) is 18.2 Å². The first-order valence-electron chi connectivity index (χ1n) is 5.04. The molecule has 0 fully saturated rings. The number of sulfonamides is 1. The van der Waals surface area contributed by atoms with E-state index in [9.17, 15) is 26.0 Å². The van der Waals surface area contributed by atoms with Crippen LogP contribution < -0.4 is 4.72 Å². The minimum Gasteiger partial charge on any atom is -0.382 e. The molecule has 108 valence electrons. The van der Waals surface area contributed by atoms with Crippen LogP contribution in [0, 0.1) is 12.7 Å². The number of benzene rings is 1. The molecule has 0 spiro atoms. The van der Waals surface area contributed by atoms with Crippen LogP contribution in [0.5, 0.6) is 0 Å². The molecule has 9 heteroatoms. The molecule has 0 aromatic heterocycles. The summed E-state index contributed by atoms with van der Waals surface area (Å²) >= 11 is 0. The Morgan fingerprint density at radius 1 is 1.37 bits per heavy atom. The molecule has 0 aliphatic carbocycles. The summed E-state index contributed by atoms with van der Waals surface area (Å²) < 4.78 is 73.9. The van der Waals surface area contributed by atoms with E-state index in [0.29, 0.717) is 0 Å². The molecule has 1 aromatic carbocycles. The number of aliphatic hydroxyl groups is 1. The molecule has 0 amide bonds. The van der Waals surface area contributed by atoms with Crippen molar-refractivity contribution in [2.45, 2.75) is 24.1 Å². The van der Waals surface area contributed by atoms with Crippen molar-refractivity contribution in [1.29, 1.82) is 0 Å². The van der Waals surface area contributed by atoms with E-state index >= 15 is 0 Å². The van der Waals surface area contributed by atoms with Crippen molar-refractivity contribution in [3.63, 3.8) is 0 Å². The summed E-state index contributed by atoms with van der Waals surface area (Å²) in [7, 11) is -4.24. The van der Waals surface area contributed by atoms with Crippen LogP contribution in [-0.2, 0) is 10.0 Å². The number of aryl methyl sites for hydroxylation is 1. The van der Waals surface area contributed by atoms with E-state index in [1.165, 1.54) is 6.92 Å². The number of halogens is 4. The van der Waals surface area contributed by atoms with Crippen LogP contribution in [0.4, 0.5) is 17.6 Å². The zero-order valence-electron chi connectivity index (χ0n) is 9.70. The normalized spacial score (nSPS) is 14.4. The fourth-order valence-electron chi connectivity index (χ4n) is 1.30. The number of aliphatic hydroxyl groups excluding tert-OH is 1. The van der Waals surface area contributed by atoms with Gasteiger partial charge in [-0.25, -0.2) is 17.5 Å². The zero-order chi connectivity index (χ0) is 14.8. The van der Waals surface area contributed by atoms with E-state index in [4.69, 9.17) is 5.11 Å². The van der Waals surface area contributed by atoms with Crippen molar-refractivity contribution in [2.75, 3.05) is 6.54 Å². The monoisotopic (exact) mass is 301 g/mol. The molecule has 4 nitrogen and oxygen atoms in total. The number of rotatable bonds is 4. The molecule has 0 bridgehead atoms. The van der Waals surface area contributed by atoms with Crippen LogP contribution in [0.3, 0.4) is 0 Å². The largest absolute Gasteiger partial charge is 0.415 e. The van der Waals surface area contributed by atoms with Gasteiger partial charge in [-0.1, -0.05) is 0 Å². The van der Waals surface area contributed by atoms with Crippen LogP contribution in [-0.4, -0.2) is 32.3 Å². The van der Waals surface area contributed by atoms with Crippen LogP contribution in [0.1, 0.15) is 5.56 Å². The Bertz CT molecular complexity index is 556. The summed E-state index contributed by atoms with van der Waals surface area (Å²) in [5.74, 6) is -0.660. The second-order valence-corrected chi connectivity index (χ2v) is 5.55. The Kier molecular flexibility index (Phi) is 4.54. The first-order chi connectivity index (χ1) is 8.54. The smallest absolute Gasteiger partial charge is 0.382 e. The van der Waals surface area contributed by atoms with E-state index in [-0.39, 0.29) is 10.5 Å². The maximum Gasteiger partial charge on any atom is 0.415 e. The lowest BCUT2D eigenvalue weighted by Gasteiger charge is -2.15. The van der Waals surface area contributed by atoms with Crippen LogP contribution >= 0.6 is 0 Å². The lowest BCUT2D eigenvalue weighted by Crippen LogP contribution is -2.40. The minimum atomic E-state index is -4.92. The second-order valence-electron chi connectivity index (χ2n) is 3.82. The highest BCUT2D eigenvalue weighted by molar-refractivity contribution is 7.89. The second kappa shape index (κ2) is 5.43. The average Bonchev–Trinajstić information content (AvgIpc) is 2.24. The van der Waals surface area contributed by atoms with Crippen molar-refractivity contribution in [3.05, 3.63) is 29.6 Å². The zero-order valence-corrected chi connectivity index (χ0v) is 10.5. The van der Waals surface area contributed by atoms with Crippen molar-refractivity contribution < 1.29 is 31.1 Å². The first kappa shape index (κ1) is 15.9. The van der Waals surface area contributed by atoms with Crippen LogP contribution in [0.15, 0.2) is 23.1 Å². The Morgan fingerprint density at radius 3 is 2.42 bits per heavy atom. The predicted octanol–water partition coefficient (Wildman–Crippen LogP) is 1.34. The molecule has 1 rings (SSSR count). The number of alkyl halides is 3. The van der Waals surface area contributed by atoms with E-state index in [1.807, 2.05) is 0 Å². The topological polar surface area (TPSA) is 66.4 Å². The fourth-order valence-corrected chi connectivity index (χ4v) is 2.56. The molecule has 0 heterocycles. The number of hydrogen-bond donors (Lipinski definition) is 2. The fraction of sp³-hybridized carbons (Fsp3) is 0.400. The summed E-state index contributed by atoms with van der Waals surface area (Å²) in [6.45, 7) is 0.0977. The Labute approximate surface area is 107 Å². The van der Waals surface area contributed by atoms with Gasteiger partial charge in [-0.05, 0) is 30.7 Å². The maximum atomic E-state index is 12.8. The highest BCUT2D eigenvalue weighted by Gasteiger charge is 2.38. The van der Waals surface area contributed by atoms with Gasteiger partial charge >= 0.3 is 6.18 Å². The highest BCUT2D eigenvalue weighted by atomic mass is 32.2. The first-order valence-corrected chi connectivity index (χ1v) is 6.53. The van der Waals surface area contributed by atoms with Gasteiger partial charge in [0.25, 0.3) is 0 Å². The molecule has 0 aliphatic heterocycles. The van der Waals surface area contributed by atoms with Gasteiger partial charge in [0.1, 0.15) is 5.82 Å². The minimum absolute atomic E-state index is 0.0500. The Hall–Kier alpha value is -1.19. The highest BCUT2D eigenvalue weighted by Crippen LogP contribution is 2.20. The third-order valence-corrected chi connectivity index (χ3v) is 3.85. The average molecular weight is 301 g/mol. The standard InChI is InChI=1S/C10H11F4NO3S/c1-6-4-7(11)2-3-8(6)19(17,18)15-5-9(16)10(12,13)14/h2-4,9,15-16H,5H2,1H3. The quantitative estimate of drug-likeness (QED) is 0.825. The van der Waals surface area contributed by atoms with Gasteiger partial charge in [0, 0.05) is 6.54 Å². The Morgan fingerprint density at radius 2 is 1.95 bits per heavy atom. The SMILES string of the molecule is Cc1cc(F)ccc1S(=O)(=O)NCC(O)C(F)(F)F. The van der Waals surface area contributed by atoms with E-state index in [1.54, 1.807) is 4.72 Å². The van der Waals surface area contributed by atoms with Gasteiger partial charge in [-0.15, -0.1) is 0 Å². The van der Waals surface area contributed by atoms with Crippen LogP contribution in [0.2, 0.25) is 0 Å². The number of hydrogen-bond acceptors (Lipinski definition) is 3. The molecule has 0 radical (unpaired) electrons. The van der Waals surface area contributed by atoms with Gasteiger partial charge < -0.3 is 5.11 Å². The van der Waals surface area contributed by atoms with Crippen molar-refractivity contribution >= 4 is 10.0 Å². The Balaban J connectivity index is 2.88.